The van der Waals surface area contributed by atoms with Crippen LogP contribution in [-0.4, -0.2) is 57.1 Å². The molecule has 0 unspecified atom stereocenters. The molecule has 3 aromatic rings. The van der Waals surface area contributed by atoms with E-state index in [4.69, 9.17) is 4.52 Å². The number of nitrogens with one attached hydrogen (secondary N) is 1. The van der Waals surface area contributed by atoms with E-state index in [2.05, 4.69) is 20.8 Å². The van der Waals surface area contributed by atoms with E-state index in [0.29, 0.717) is 17.7 Å². The van der Waals surface area contributed by atoms with Gasteiger partial charge < -0.3 is 14.7 Å². The molecular formula is C20H22N6O2. The normalized spacial score (nSPS) is 21.8. The Morgan fingerprint density at radius 2 is 2.04 bits per heavy atom. The zero-order valence-electron chi connectivity index (χ0n) is 15.7. The van der Waals surface area contributed by atoms with E-state index in [1.54, 1.807) is 11.0 Å². The third-order valence-electron chi connectivity index (χ3n) is 5.90. The topological polar surface area (TPSA) is 89.1 Å². The number of hydrogen-bond acceptors (Lipinski definition) is 6. The number of hydrogen-bond donors (Lipinski definition) is 1. The molecule has 1 amide bonds. The summed E-state index contributed by atoms with van der Waals surface area (Å²) in [7, 11) is 1.83. The minimum absolute atomic E-state index is 0.139. The lowest BCUT2D eigenvalue weighted by molar-refractivity contribution is 0.0502. The number of carbonyl (C=O) groups excluding carboxylic acids is 1. The summed E-state index contributed by atoms with van der Waals surface area (Å²) in [4.78, 5) is 14.6. The molecule has 1 saturated carbocycles. The molecule has 144 valence electrons. The molecule has 3 heterocycles. The highest BCUT2D eigenvalue weighted by Crippen LogP contribution is 2.37. The molecule has 1 saturated heterocycles. The average molecular weight is 378 g/mol. The highest BCUT2D eigenvalue weighted by Gasteiger charge is 2.39. The van der Waals surface area contributed by atoms with Gasteiger partial charge in [0.2, 0.25) is 5.76 Å². The Balaban J connectivity index is 1.23. The van der Waals surface area contributed by atoms with Crippen LogP contribution in [0.3, 0.4) is 0 Å². The van der Waals surface area contributed by atoms with Crippen molar-refractivity contribution in [1.29, 1.82) is 0 Å². The average Bonchev–Trinajstić information content (AvgIpc) is 3.30. The van der Waals surface area contributed by atoms with Crippen LogP contribution < -0.4 is 5.32 Å². The van der Waals surface area contributed by atoms with Gasteiger partial charge in [0.1, 0.15) is 5.69 Å². The molecule has 0 radical (unpaired) electrons. The fourth-order valence-electron chi connectivity index (χ4n) is 3.86. The fraction of sp³-hybridized carbons (Fsp3) is 0.400. The van der Waals surface area contributed by atoms with Crippen molar-refractivity contribution in [3.63, 3.8) is 0 Å². The molecule has 0 bridgehead atoms. The number of aromatic nitrogens is 4. The number of benzene rings is 1. The summed E-state index contributed by atoms with van der Waals surface area (Å²) in [5.41, 5.74) is 2.80. The third-order valence-corrected chi connectivity index (χ3v) is 5.90. The maximum absolute atomic E-state index is 12.8. The van der Waals surface area contributed by atoms with Crippen molar-refractivity contribution in [2.75, 3.05) is 20.1 Å². The van der Waals surface area contributed by atoms with Crippen molar-refractivity contribution < 1.29 is 9.32 Å². The highest BCUT2D eigenvalue weighted by atomic mass is 16.5. The van der Waals surface area contributed by atoms with Gasteiger partial charge in [0.05, 0.1) is 17.9 Å². The first-order valence-electron chi connectivity index (χ1n) is 9.61. The predicted molar refractivity (Wildman–Crippen MR) is 102 cm³/mol. The lowest BCUT2D eigenvalue weighted by Gasteiger charge is -2.41. The van der Waals surface area contributed by atoms with Gasteiger partial charge in [-0.05, 0) is 12.8 Å². The molecule has 0 atom stereocenters. The zero-order valence-corrected chi connectivity index (χ0v) is 15.7. The van der Waals surface area contributed by atoms with E-state index in [1.165, 1.54) is 5.69 Å². The fourth-order valence-corrected chi connectivity index (χ4v) is 3.86. The molecule has 1 aromatic carbocycles. The molecule has 0 spiro atoms. The quantitative estimate of drug-likeness (QED) is 0.731. The van der Waals surface area contributed by atoms with Crippen LogP contribution in [0.2, 0.25) is 0 Å². The van der Waals surface area contributed by atoms with Gasteiger partial charge in [0, 0.05) is 43.7 Å². The standard InChI is InChI=1S/C20H22N6O2/c1-25(20(27)19-9-17(23-28-19)13-5-3-2-4-6-13)15-7-16(8-15)26-18(12-22-24-26)14-10-21-11-14/h2-6,9,12,14-16,21H,7-8,10-11H2,1H3. The van der Waals surface area contributed by atoms with Crippen LogP contribution >= 0.6 is 0 Å². The molecule has 5 rings (SSSR count). The Hall–Kier alpha value is -3.00. The van der Waals surface area contributed by atoms with Crippen LogP contribution in [0.15, 0.2) is 47.1 Å². The summed E-state index contributed by atoms with van der Waals surface area (Å²) in [5.74, 6) is 0.631. The van der Waals surface area contributed by atoms with E-state index in [9.17, 15) is 4.79 Å². The SMILES string of the molecule is CN(C(=O)c1cc(-c2ccccc2)no1)C1CC(n2nncc2C2CNC2)C1. The van der Waals surface area contributed by atoms with Crippen LogP contribution in [0.1, 0.15) is 41.1 Å². The Kier molecular flexibility index (Phi) is 4.20. The van der Waals surface area contributed by atoms with E-state index in [1.807, 2.05) is 48.3 Å². The highest BCUT2D eigenvalue weighted by molar-refractivity contribution is 5.92. The van der Waals surface area contributed by atoms with Crippen LogP contribution in [0, 0.1) is 0 Å². The third kappa shape index (κ3) is 2.90. The van der Waals surface area contributed by atoms with Gasteiger partial charge >= 0.3 is 0 Å². The minimum atomic E-state index is -0.139. The van der Waals surface area contributed by atoms with Gasteiger partial charge in [-0.25, -0.2) is 4.68 Å². The molecular weight excluding hydrogens is 356 g/mol. The Bertz CT molecular complexity index is 972. The van der Waals surface area contributed by atoms with Crippen molar-refractivity contribution in [3.8, 4) is 11.3 Å². The van der Waals surface area contributed by atoms with Gasteiger partial charge in [-0.1, -0.05) is 40.7 Å². The summed E-state index contributed by atoms with van der Waals surface area (Å²) in [6.45, 7) is 1.97. The minimum Gasteiger partial charge on any atom is -0.350 e. The summed E-state index contributed by atoms with van der Waals surface area (Å²) in [6.07, 6.45) is 3.62. The van der Waals surface area contributed by atoms with Crippen LogP contribution in [0.25, 0.3) is 11.3 Å². The monoisotopic (exact) mass is 378 g/mol. The van der Waals surface area contributed by atoms with Crippen LogP contribution in [-0.2, 0) is 0 Å². The predicted octanol–water partition coefficient (Wildman–Crippen LogP) is 2.10. The molecule has 1 aliphatic heterocycles. The maximum Gasteiger partial charge on any atom is 0.292 e. The lowest BCUT2D eigenvalue weighted by atomic mass is 9.85. The first-order valence-corrected chi connectivity index (χ1v) is 9.61. The van der Waals surface area contributed by atoms with Crippen molar-refractivity contribution in [2.45, 2.75) is 30.8 Å². The Labute approximate surface area is 162 Å². The largest absolute Gasteiger partial charge is 0.350 e. The second-order valence-electron chi connectivity index (χ2n) is 7.60. The van der Waals surface area contributed by atoms with Gasteiger partial charge in [0.25, 0.3) is 5.91 Å². The van der Waals surface area contributed by atoms with Crippen molar-refractivity contribution >= 4 is 5.91 Å². The molecule has 28 heavy (non-hydrogen) atoms. The van der Waals surface area contributed by atoms with Crippen molar-refractivity contribution in [1.82, 2.24) is 30.4 Å². The number of amides is 1. The first-order chi connectivity index (χ1) is 13.7. The van der Waals surface area contributed by atoms with Crippen molar-refractivity contribution in [3.05, 3.63) is 54.0 Å². The molecule has 2 aromatic heterocycles. The first kappa shape index (κ1) is 17.1. The smallest absolute Gasteiger partial charge is 0.292 e. The molecule has 1 aliphatic carbocycles. The Morgan fingerprint density at radius 3 is 2.75 bits per heavy atom. The van der Waals surface area contributed by atoms with Crippen molar-refractivity contribution in [2.24, 2.45) is 0 Å². The molecule has 2 fully saturated rings. The number of carbonyl (C=O) groups is 1. The second-order valence-corrected chi connectivity index (χ2v) is 7.60. The summed E-state index contributed by atoms with van der Waals surface area (Å²) in [6, 6.07) is 11.9. The lowest BCUT2D eigenvalue weighted by Crippen LogP contribution is -2.47. The van der Waals surface area contributed by atoms with Crippen LogP contribution in [0.5, 0.6) is 0 Å². The number of rotatable bonds is 5. The summed E-state index contributed by atoms with van der Waals surface area (Å²) >= 11 is 0. The van der Waals surface area contributed by atoms with E-state index in [-0.39, 0.29) is 17.7 Å². The summed E-state index contributed by atoms with van der Waals surface area (Å²) < 4.78 is 7.36. The molecule has 8 nitrogen and oxygen atoms in total. The van der Waals surface area contributed by atoms with E-state index < -0.39 is 0 Å². The van der Waals surface area contributed by atoms with E-state index in [0.717, 1.165) is 31.5 Å². The van der Waals surface area contributed by atoms with E-state index >= 15 is 0 Å². The van der Waals surface area contributed by atoms with Gasteiger partial charge in [-0.15, -0.1) is 5.10 Å². The number of nitrogens with zero attached hydrogens (tertiary/aromatic N) is 5. The Morgan fingerprint density at radius 1 is 1.25 bits per heavy atom. The molecule has 1 N–H and O–H groups in total. The molecule has 2 aliphatic rings. The summed E-state index contributed by atoms with van der Waals surface area (Å²) in [5, 5.41) is 15.7. The van der Waals surface area contributed by atoms with Gasteiger partial charge in [0.15, 0.2) is 0 Å². The second kappa shape index (κ2) is 6.87. The maximum atomic E-state index is 12.8. The van der Waals surface area contributed by atoms with Gasteiger partial charge in [-0.3, -0.25) is 4.79 Å². The van der Waals surface area contributed by atoms with Gasteiger partial charge in [-0.2, -0.15) is 0 Å². The zero-order chi connectivity index (χ0) is 19.1. The van der Waals surface area contributed by atoms with Crippen LogP contribution in [0.4, 0.5) is 0 Å². The molecule has 8 heteroatoms.